The fourth-order valence-corrected chi connectivity index (χ4v) is 3.97. The molecule has 4 heteroatoms. The minimum atomic E-state index is 0. The number of nitrogens with zero attached hydrogens (tertiary/aromatic N) is 1. The van der Waals surface area contributed by atoms with Crippen molar-refractivity contribution in [3.8, 4) is 0 Å². The second kappa shape index (κ2) is 6.02. The van der Waals surface area contributed by atoms with E-state index in [4.69, 9.17) is 5.73 Å². The molecule has 2 N–H and O–H groups in total. The maximum Gasteiger partial charge on any atom is 0.0346 e. The number of likely N-dealkylation sites (tertiary alicyclic amines) is 1. The molecule has 0 saturated carbocycles. The summed E-state index contributed by atoms with van der Waals surface area (Å²) in [7, 11) is 0. The first-order chi connectivity index (χ1) is 9.06. The summed E-state index contributed by atoms with van der Waals surface area (Å²) in [4.78, 5) is 2.55. The van der Waals surface area contributed by atoms with Gasteiger partial charge < -0.3 is 5.73 Å². The summed E-state index contributed by atoms with van der Waals surface area (Å²) in [5.74, 6) is 0. The molecular formula is C16H23ClN2S. The van der Waals surface area contributed by atoms with Crippen molar-refractivity contribution in [1.29, 1.82) is 0 Å². The van der Waals surface area contributed by atoms with Crippen molar-refractivity contribution in [3.05, 3.63) is 35.2 Å². The van der Waals surface area contributed by atoms with Crippen LogP contribution >= 0.6 is 23.7 Å². The molecule has 110 valence electrons. The van der Waals surface area contributed by atoms with E-state index >= 15 is 0 Å². The van der Waals surface area contributed by atoms with Crippen LogP contribution in [0.1, 0.15) is 25.8 Å². The van der Waals surface area contributed by atoms with Gasteiger partial charge in [0.05, 0.1) is 0 Å². The predicted octanol–water partition coefficient (Wildman–Crippen LogP) is 3.88. The second-order valence-corrected chi connectivity index (χ2v) is 7.26. The SMILES string of the molecule is CC1(C)CN(Cc2csc3ccccc23)CCC1N.Cl. The van der Waals surface area contributed by atoms with Crippen molar-refractivity contribution in [1.82, 2.24) is 4.90 Å². The van der Waals surface area contributed by atoms with Gasteiger partial charge in [-0.1, -0.05) is 32.0 Å². The number of benzene rings is 1. The van der Waals surface area contributed by atoms with Crippen LogP contribution in [0.2, 0.25) is 0 Å². The number of halogens is 1. The molecule has 1 aromatic carbocycles. The molecule has 0 amide bonds. The van der Waals surface area contributed by atoms with E-state index in [2.05, 4.69) is 48.4 Å². The number of piperidine rings is 1. The molecule has 1 aliphatic heterocycles. The number of rotatable bonds is 2. The minimum Gasteiger partial charge on any atom is -0.327 e. The lowest BCUT2D eigenvalue weighted by molar-refractivity contribution is 0.0903. The molecule has 0 aliphatic carbocycles. The van der Waals surface area contributed by atoms with Crippen molar-refractivity contribution >= 4 is 33.8 Å². The van der Waals surface area contributed by atoms with Crippen LogP contribution in [-0.2, 0) is 6.54 Å². The van der Waals surface area contributed by atoms with E-state index in [9.17, 15) is 0 Å². The Morgan fingerprint density at radius 1 is 1.35 bits per heavy atom. The monoisotopic (exact) mass is 310 g/mol. The molecular weight excluding hydrogens is 288 g/mol. The van der Waals surface area contributed by atoms with Crippen molar-refractivity contribution in [2.24, 2.45) is 11.1 Å². The molecule has 2 heterocycles. The van der Waals surface area contributed by atoms with E-state index in [0.717, 1.165) is 26.1 Å². The molecule has 0 spiro atoms. The molecule has 3 rings (SSSR count). The first kappa shape index (κ1) is 15.8. The quantitative estimate of drug-likeness (QED) is 0.912. The van der Waals surface area contributed by atoms with E-state index in [0.29, 0.717) is 6.04 Å². The maximum absolute atomic E-state index is 6.21. The largest absolute Gasteiger partial charge is 0.327 e. The van der Waals surface area contributed by atoms with Crippen LogP contribution < -0.4 is 5.73 Å². The Labute approximate surface area is 131 Å². The average molecular weight is 311 g/mol. The Morgan fingerprint density at radius 2 is 2.10 bits per heavy atom. The Bertz CT molecular complexity index is 579. The summed E-state index contributed by atoms with van der Waals surface area (Å²) in [6.07, 6.45) is 1.11. The van der Waals surface area contributed by atoms with E-state index in [1.165, 1.54) is 15.6 Å². The van der Waals surface area contributed by atoms with Gasteiger partial charge in [-0.3, -0.25) is 4.90 Å². The van der Waals surface area contributed by atoms with Crippen molar-refractivity contribution in [3.63, 3.8) is 0 Å². The Balaban J connectivity index is 0.00000147. The first-order valence-electron chi connectivity index (χ1n) is 6.99. The van der Waals surface area contributed by atoms with Gasteiger partial charge in [-0.25, -0.2) is 0 Å². The van der Waals surface area contributed by atoms with E-state index in [-0.39, 0.29) is 17.8 Å². The molecule has 1 unspecified atom stereocenters. The lowest BCUT2D eigenvalue weighted by Crippen LogP contribution is -2.51. The van der Waals surface area contributed by atoms with Gasteiger partial charge in [-0.05, 0) is 34.2 Å². The Hall–Kier alpha value is -0.610. The third kappa shape index (κ3) is 3.01. The Morgan fingerprint density at radius 3 is 2.85 bits per heavy atom. The second-order valence-electron chi connectivity index (χ2n) is 6.35. The highest BCUT2D eigenvalue weighted by Gasteiger charge is 2.33. The lowest BCUT2D eigenvalue weighted by atomic mass is 9.79. The third-order valence-corrected chi connectivity index (χ3v) is 5.36. The van der Waals surface area contributed by atoms with Crippen LogP contribution in [0, 0.1) is 5.41 Å². The van der Waals surface area contributed by atoms with Gasteiger partial charge in [0.2, 0.25) is 0 Å². The van der Waals surface area contributed by atoms with E-state index in [1.54, 1.807) is 0 Å². The molecule has 1 aromatic heterocycles. The van der Waals surface area contributed by atoms with Crippen LogP contribution in [0.5, 0.6) is 0 Å². The standard InChI is InChI=1S/C16H22N2S.ClH/c1-16(2)11-18(8-7-15(16)17)9-12-10-19-14-6-4-3-5-13(12)14;/h3-6,10,15H,7-9,11,17H2,1-2H3;1H. The lowest BCUT2D eigenvalue weighted by Gasteiger charge is -2.42. The molecule has 20 heavy (non-hydrogen) atoms. The molecule has 1 saturated heterocycles. The Kier molecular flexibility index (Phi) is 4.75. The third-order valence-electron chi connectivity index (χ3n) is 4.35. The molecule has 1 fully saturated rings. The highest BCUT2D eigenvalue weighted by Crippen LogP contribution is 2.31. The van der Waals surface area contributed by atoms with Gasteiger partial charge in [-0.2, -0.15) is 0 Å². The summed E-state index contributed by atoms with van der Waals surface area (Å²) in [6, 6.07) is 9.03. The molecule has 0 radical (unpaired) electrons. The maximum atomic E-state index is 6.21. The number of hydrogen-bond donors (Lipinski definition) is 1. The van der Waals surface area contributed by atoms with Gasteiger partial charge in [0, 0.05) is 30.4 Å². The highest BCUT2D eigenvalue weighted by molar-refractivity contribution is 7.17. The van der Waals surface area contributed by atoms with Gasteiger partial charge in [0.1, 0.15) is 0 Å². The molecule has 1 atom stereocenters. The summed E-state index contributed by atoms with van der Waals surface area (Å²) in [5, 5.41) is 3.73. The van der Waals surface area contributed by atoms with Crippen LogP contribution in [0.4, 0.5) is 0 Å². The topological polar surface area (TPSA) is 29.3 Å². The van der Waals surface area contributed by atoms with Crippen LogP contribution in [0.3, 0.4) is 0 Å². The fraction of sp³-hybridized carbons (Fsp3) is 0.500. The predicted molar refractivity (Wildman–Crippen MR) is 90.7 cm³/mol. The fourth-order valence-electron chi connectivity index (χ4n) is 3.02. The van der Waals surface area contributed by atoms with Crippen molar-refractivity contribution in [2.45, 2.75) is 32.9 Å². The summed E-state index contributed by atoms with van der Waals surface area (Å²) < 4.78 is 1.39. The van der Waals surface area contributed by atoms with Gasteiger partial charge in [-0.15, -0.1) is 23.7 Å². The smallest absolute Gasteiger partial charge is 0.0346 e. The van der Waals surface area contributed by atoms with Crippen LogP contribution in [-0.4, -0.2) is 24.0 Å². The van der Waals surface area contributed by atoms with Gasteiger partial charge in [0.25, 0.3) is 0 Å². The zero-order chi connectivity index (χ0) is 13.5. The van der Waals surface area contributed by atoms with E-state index in [1.807, 2.05) is 11.3 Å². The minimum absolute atomic E-state index is 0. The molecule has 1 aliphatic rings. The number of fused-ring (bicyclic) bond motifs is 1. The number of thiophene rings is 1. The number of hydrogen-bond acceptors (Lipinski definition) is 3. The van der Waals surface area contributed by atoms with Crippen molar-refractivity contribution < 1.29 is 0 Å². The van der Waals surface area contributed by atoms with Gasteiger partial charge in [0.15, 0.2) is 0 Å². The van der Waals surface area contributed by atoms with Crippen LogP contribution in [0.15, 0.2) is 29.6 Å². The summed E-state index contributed by atoms with van der Waals surface area (Å²) in [5.41, 5.74) is 7.91. The zero-order valence-corrected chi connectivity index (χ0v) is 13.8. The number of nitrogens with two attached hydrogens (primary N) is 1. The van der Waals surface area contributed by atoms with Crippen molar-refractivity contribution in [2.75, 3.05) is 13.1 Å². The highest BCUT2D eigenvalue weighted by atomic mass is 35.5. The van der Waals surface area contributed by atoms with E-state index < -0.39 is 0 Å². The molecule has 2 nitrogen and oxygen atoms in total. The molecule has 2 aromatic rings. The first-order valence-corrected chi connectivity index (χ1v) is 7.87. The zero-order valence-electron chi connectivity index (χ0n) is 12.1. The average Bonchev–Trinajstić information content (AvgIpc) is 2.77. The normalized spacial score (nSPS) is 22.6. The summed E-state index contributed by atoms with van der Waals surface area (Å²) >= 11 is 1.85. The molecule has 0 bridgehead atoms. The van der Waals surface area contributed by atoms with Crippen LogP contribution in [0.25, 0.3) is 10.1 Å². The van der Waals surface area contributed by atoms with Gasteiger partial charge >= 0.3 is 0 Å². The summed E-state index contributed by atoms with van der Waals surface area (Å²) in [6.45, 7) is 7.85.